The molecule has 0 saturated carbocycles. The molecule has 0 aliphatic carbocycles. The summed E-state index contributed by atoms with van der Waals surface area (Å²) in [5.74, 6) is 0.383. The smallest absolute Gasteiger partial charge is 0.134 e. The lowest BCUT2D eigenvalue weighted by Crippen LogP contribution is -2.18. The van der Waals surface area contributed by atoms with Gasteiger partial charge >= 0.3 is 0 Å². The van der Waals surface area contributed by atoms with Crippen molar-refractivity contribution < 1.29 is 8.81 Å². The van der Waals surface area contributed by atoms with Crippen LogP contribution < -0.4 is 5.32 Å². The first-order valence-electron chi connectivity index (χ1n) is 5.53. The molecule has 1 heterocycles. The predicted octanol–water partition coefficient (Wildman–Crippen LogP) is 3.32. The second kappa shape index (κ2) is 4.66. The normalized spacial score (nSPS) is 11.5. The number of hydrogen-bond donors (Lipinski definition) is 1. The molecular formula is C13H16FNO. The largest absolute Gasteiger partial charge is 0.464 e. The molecule has 1 aromatic carbocycles. The first-order chi connectivity index (χ1) is 7.66. The third kappa shape index (κ3) is 2.42. The Morgan fingerprint density at radius 2 is 2.19 bits per heavy atom. The minimum absolute atomic E-state index is 0.223. The van der Waals surface area contributed by atoms with Gasteiger partial charge in [0.15, 0.2) is 0 Å². The van der Waals surface area contributed by atoms with E-state index >= 15 is 0 Å². The molecule has 1 N–H and O–H groups in total. The van der Waals surface area contributed by atoms with Gasteiger partial charge in [-0.1, -0.05) is 13.8 Å². The average Bonchev–Trinajstić information content (AvgIpc) is 2.60. The van der Waals surface area contributed by atoms with Gasteiger partial charge < -0.3 is 9.73 Å². The molecular weight excluding hydrogens is 205 g/mol. The highest BCUT2D eigenvalue weighted by Crippen LogP contribution is 2.21. The molecule has 0 atom stereocenters. The summed E-state index contributed by atoms with van der Waals surface area (Å²) >= 11 is 0. The molecule has 0 bridgehead atoms. The SMILES string of the molecule is CC(C)CNCc1coc2ccc(F)cc12. The Hall–Kier alpha value is -1.35. The lowest BCUT2D eigenvalue weighted by atomic mass is 10.1. The molecule has 0 unspecified atom stereocenters. The highest BCUT2D eigenvalue weighted by atomic mass is 19.1. The first kappa shape index (κ1) is 11.1. The highest BCUT2D eigenvalue weighted by molar-refractivity contribution is 5.80. The molecule has 0 fully saturated rings. The Kier molecular flexibility index (Phi) is 3.25. The fourth-order valence-corrected chi connectivity index (χ4v) is 1.69. The van der Waals surface area contributed by atoms with Crippen molar-refractivity contribution in [2.45, 2.75) is 20.4 Å². The number of rotatable bonds is 4. The van der Waals surface area contributed by atoms with Crippen LogP contribution in [0.4, 0.5) is 4.39 Å². The fourth-order valence-electron chi connectivity index (χ4n) is 1.69. The van der Waals surface area contributed by atoms with Gasteiger partial charge in [-0.15, -0.1) is 0 Å². The molecule has 0 saturated heterocycles. The van der Waals surface area contributed by atoms with Crippen LogP contribution in [0, 0.1) is 11.7 Å². The second-order valence-corrected chi connectivity index (χ2v) is 4.43. The summed E-state index contributed by atoms with van der Waals surface area (Å²) in [6.07, 6.45) is 1.69. The van der Waals surface area contributed by atoms with Crippen LogP contribution in [0.2, 0.25) is 0 Å². The van der Waals surface area contributed by atoms with Crippen molar-refractivity contribution in [2.75, 3.05) is 6.54 Å². The maximum Gasteiger partial charge on any atom is 0.134 e. The number of fused-ring (bicyclic) bond motifs is 1. The minimum atomic E-state index is -0.223. The average molecular weight is 221 g/mol. The zero-order valence-electron chi connectivity index (χ0n) is 9.59. The summed E-state index contributed by atoms with van der Waals surface area (Å²) in [5, 5.41) is 4.17. The van der Waals surface area contributed by atoms with Gasteiger partial charge in [-0.25, -0.2) is 4.39 Å². The molecule has 2 rings (SSSR count). The van der Waals surface area contributed by atoms with E-state index in [0.717, 1.165) is 23.1 Å². The lowest BCUT2D eigenvalue weighted by molar-refractivity contribution is 0.547. The third-order valence-corrected chi connectivity index (χ3v) is 2.48. The summed E-state index contributed by atoms with van der Waals surface area (Å²) < 4.78 is 18.4. The molecule has 0 spiro atoms. The van der Waals surface area contributed by atoms with E-state index in [9.17, 15) is 4.39 Å². The molecule has 0 aliphatic heterocycles. The number of benzene rings is 1. The Morgan fingerprint density at radius 1 is 1.38 bits per heavy atom. The van der Waals surface area contributed by atoms with Crippen molar-refractivity contribution >= 4 is 11.0 Å². The maximum absolute atomic E-state index is 13.1. The molecule has 2 nitrogen and oxygen atoms in total. The summed E-state index contributed by atoms with van der Waals surface area (Å²) in [7, 11) is 0. The first-order valence-corrected chi connectivity index (χ1v) is 5.53. The van der Waals surface area contributed by atoms with Crippen molar-refractivity contribution in [1.82, 2.24) is 5.32 Å². The summed E-state index contributed by atoms with van der Waals surface area (Å²) in [6.45, 7) is 5.97. The van der Waals surface area contributed by atoms with Gasteiger partial charge in [0, 0.05) is 17.5 Å². The third-order valence-electron chi connectivity index (χ3n) is 2.48. The zero-order chi connectivity index (χ0) is 11.5. The highest BCUT2D eigenvalue weighted by Gasteiger charge is 2.06. The minimum Gasteiger partial charge on any atom is -0.464 e. The number of furan rings is 1. The van der Waals surface area contributed by atoms with Crippen LogP contribution >= 0.6 is 0 Å². The van der Waals surface area contributed by atoms with Gasteiger partial charge in [-0.2, -0.15) is 0 Å². The van der Waals surface area contributed by atoms with Crippen LogP contribution in [0.15, 0.2) is 28.9 Å². The zero-order valence-corrected chi connectivity index (χ0v) is 9.59. The molecule has 1 aromatic heterocycles. The molecule has 0 aliphatic rings. The van der Waals surface area contributed by atoms with Gasteiger partial charge in [-0.3, -0.25) is 0 Å². The van der Waals surface area contributed by atoms with Crippen molar-refractivity contribution in [3.63, 3.8) is 0 Å². The van der Waals surface area contributed by atoms with Crippen LogP contribution in [-0.4, -0.2) is 6.54 Å². The van der Waals surface area contributed by atoms with Gasteiger partial charge in [0.05, 0.1) is 6.26 Å². The van der Waals surface area contributed by atoms with E-state index in [1.807, 2.05) is 0 Å². The van der Waals surface area contributed by atoms with Crippen LogP contribution in [0.1, 0.15) is 19.4 Å². The molecule has 86 valence electrons. The van der Waals surface area contributed by atoms with E-state index in [2.05, 4.69) is 19.2 Å². The van der Waals surface area contributed by atoms with Crippen molar-refractivity contribution in [3.8, 4) is 0 Å². The molecule has 0 radical (unpaired) electrons. The van der Waals surface area contributed by atoms with Crippen LogP contribution in [0.3, 0.4) is 0 Å². The predicted molar refractivity (Wildman–Crippen MR) is 62.7 cm³/mol. The van der Waals surface area contributed by atoms with Crippen LogP contribution in [0.25, 0.3) is 11.0 Å². The molecule has 0 amide bonds. The Morgan fingerprint density at radius 3 is 2.94 bits per heavy atom. The van der Waals surface area contributed by atoms with E-state index in [-0.39, 0.29) is 5.82 Å². The lowest BCUT2D eigenvalue weighted by Gasteiger charge is -2.05. The fraction of sp³-hybridized carbons (Fsp3) is 0.385. The van der Waals surface area contributed by atoms with Gasteiger partial charge in [0.1, 0.15) is 11.4 Å². The summed E-state index contributed by atoms with van der Waals surface area (Å²) in [6, 6.07) is 4.60. The summed E-state index contributed by atoms with van der Waals surface area (Å²) in [5.41, 5.74) is 1.75. The topological polar surface area (TPSA) is 25.2 Å². The van der Waals surface area contributed by atoms with Gasteiger partial charge in [0.25, 0.3) is 0 Å². The van der Waals surface area contributed by atoms with Gasteiger partial charge in [-0.05, 0) is 30.7 Å². The van der Waals surface area contributed by atoms with Crippen LogP contribution in [0.5, 0.6) is 0 Å². The molecule has 16 heavy (non-hydrogen) atoms. The standard InChI is InChI=1S/C13H16FNO/c1-9(2)6-15-7-10-8-16-13-4-3-11(14)5-12(10)13/h3-5,8-9,15H,6-7H2,1-2H3. The monoisotopic (exact) mass is 221 g/mol. The van der Waals surface area contributed by atoms with Crippen molar-refractivity contribution in [2.24, 2.45) is 5.92 Å². The Bertz CT molecular complexity index is 476. The van der Waals surface area contributed by atoms with Crippen molar-refractivity contribution in [3.05, 3.63) is 35.8 Å². The number of hydrogen-bond acceptors (Lipinski definition) is 2. The van der Waals surface area contributed by atoms with E-state index < -0.39 is 0 Å². The van der Waals surface area contributed by atoms with Gasteiger partial charge in [0.2, 0.25) is 0 Å². The van der Waals surface area contributed by atoms with E-state index in [1.54, 1.807) is 12.3 Å². The number of halogens is 1. The molecule has 3 heteroatoms. The quantitative estimate of drug-likeness (QED) is 0.856. The number of nitrogens with one attached hydrogen (secondary N) is 1. The van der Waals surface area contributed by atoms with Crippen LogP contribution in [-0.2, 0) is 6.54 Å². The Labute approximate surface area is 94.4 Å². The maximum atomic E-state index is 13.1. The Balaban J connectivity index is 2.15. The van der Waals surface area contributed by atoms with E-state index in [0.29, 0.717) is 12.5 Å². The van der Waals surface area contributed by atoms with E-state index in [1.165, 1.54) is 12.1 Å². The van der Waals surface area contributed by atoms with E-state index in [4.69, 9.17) is 4.42 Å². The molecule has 2 aromatic rings. The summed E-state index contributed by atoms with van der Waals surface area (Å²) in [4.78, 5) is 0. The second-order valence-electron chi connectivity index (χ2n) is 4.43. The van der Waals surface area contributed by atoms with Crippen molar-refractivity contribution in [1.29, 1.82) is 0 Å².